The van der Waals surface area contributed by atoms with Gasteiger partial charge in [-0.3, -0.25) is 4.79 Å². The molecule has 6 heteroatoms. The van der Waals surface area contributed by atoms with Crippen LogP contribution in [0.25, 0.3) is 0 Å². The fourth-order valence-corrected chi connectivity index (χ4v) is 2.67. The number of hydrogen-bond donors (Lipinski definition) is 0. The Hall–Kier alpha value is -1.56. The maximum atomic E-state index is 12.6. The molecule has 2 aromatic carbocycles. The van der Waals surface area contributed by atoms with E-state index in [0.717, 1.165) is 5.56 Å². The van der Waals surface area contributed by atoms with Gasteiger partial charge in [0.15, 0.2) is 0 Å². The molecule has 1 aromatic heterocycles. The molecule has 26 heavy (non-hydrogen) atoms. The Bertz CT molecular complexity index is 873. The van der Waals surface area contributed by atoms with E-state index in [1.165, 1.54) is 0 Å². The predicted molar refractivity (Wildman–Crippen MR) is 97.7 cm³/mol. The minimum Gasteiger partial charge on any atom is -0.511 e. The predicted octanol–water partition coefficient (Wildman–Crippen LogP) is 4.75. The van der Waals surface area contributed by atoms with Crippen molar-refractivity contribution in [1.82, 2.24) is 4.98 Å². The van der Waals surface area contributed by atoms with E-state index in [-0.39, 0.29) is 32.7 Å². The van der Waals surface area contributed by atoms with E-state index in [2.05, 4.69) is 27.1 Å². The largest absolute Gasteiger partial charge is 0.511 e. The molecule has 129 valence electrons. The van der Waals surface area contributed by atoms with E-state index >= 15 is 0 Å². The van der Waals surface area contributed by atoms with Crippen LogP contribution in [0.4, 0.5) is 0 Å². The molecular weight excluding hydrogens is 471 g/mol. The normalized spacial score (nSPS) is 9.92. The van der Waals surface area contributed by atoms with Gasteiger partial charge in [0.05, 0.1) is 5.75 Å². The molecule has 0 aliphatic heterocycles. The van der Waals surface area contributed by atoms with E-state index in [1.807, 2.05) is 36.4 Å². The van der Waals surface area contributed by atoms with Gasteiger partial charge in [-0.15, -0.1) is 21.5 Å². The van der Waals surface area contributed by atoms with Gasteiger partial charge in [-0.1, -0.05) is 61.7 Å². The summed E-state index contributed by atoms with van der Waals surface area (Å²) in [5.74, 6) is 0.306. The minimum atomic E-state index is -0.508. The van der Waals surface area contributed by atoms with Gasteiger partial charge in [-0.05, 0) is 23.3 Å². The van der Waals surface area contributed by atoms with Crippen molar-refractivity contribution in [1.29, 1.82) is 0 Å². The molecule has 0 atom stereocenters. The van der Waals surface area contributed by atoms with Crippen molar-refractivity contribution in [3.8, 4) is 11.5 Å². The quantitative estimate of drug-likeness (QED) is 0.226. The first kappa shape index (κ1) is 20.8. The van der Waals surface area contributed by atoms with E-state index < -0.39 is 5.97 Å². The smallest absolute Gasteiger partial charge is 0.290 e. The van der Waals surface area contributed by atoms with Gasteiger partial charge < -0.3 is 14.5 Å². The fraction of sp³-hybridized carbons (Fsp3) is 0.100. The average Bonchev–Trinajstić information content (AvgIpc) is 2.64. The third kappa shape index (κ3) is 5.22. The van der Waals surface area contributed by atoms with Crippen LogP contribution >= 0.6 is 15.9 Å². The number of rotatable bonds is 5. The molecule has 0 aliphatic carbocycles. The number of carbonyl (C=O) groups is 1. The maximum Gasteiger partial charge on any atom is 0.290 e. The number of aromatic nitrogens is 1. The van der Waals surface area contributed by atoms with Gasteiger partial charge in [0.25, 0.3) is 5.97 Å². The summed E-state index contributed by atoms with van der Waals surface area (Å²) in [6.45, 7) is 2.06. The van der Waals surface area contributed by atoms with Crippen LogP contribution in [0.15, 0.2) is 65.3 Å². The summed E-state index contributed by atoms with van der Waals surface area (Å²) in [4.78, 5) is 16.7. The van der Waals surface area contributed by atoms with Crippen molar-refractivity contribution in [2.45, 2.75) is 13.5 Å². The molecule has 3 aromatic rings. The summed E-state index contributed by atoms with van der Waals surface area (Å²) in [6.07, 6.45) is 2.80. The number of para-hydroxylation sites is 1. The summed E-state index contributed by atoms with van der Waals surface area (Å²) >= 11 is 3.33. The molecular formula is C20H15BrNO3Y-. The van der Waals surface area contributed by atoms with E-state index in [1.54, 1.807) is 31.2 Å². The van der Waals surface area contributed by atoms with Crippen molar-refractivity contribution in [3.05, 3.63) is 88.2 Å². The van der Waals surface area contributed by atoms with Crippen LogP contribution in [0.2, 0.25) is 0 Å². The topological polar surface area (TPSA) is 48.4 Å². The molecule has 1 heterocycles. The number of hydrogen-bond acceptors (Lipinski definition) is 4. The molecule has 0 amide bonds. The molecule has 0 spiro atoms. The van der Waals surface area contributed by atoms with Crippen LogP contribution in [-0.2, 0) is 39.3 Å². The van der Waals surface area contributed by atoms with Crippen molar-refractivity contribution >= 4 is 21.9 Å². The van der Waals surface area contributed by atoms with Gasteiger partial charge in [0.1, 0.15) is 12.4 Å². The van der Waals surface area contributed by atoms with Gasteiger partial charge in [-0.25, -0.2) is 0 Å². The number of esters is 1. The fourth-order valence-electron chi connectivity index (χ4n) is 2.27. The average molecular weight is 486 g/mol. The summed E-state index contributed by atoms with van der Waals surface area (Å²) in [7, 11) is 0. The van der Waals surface area contributed by atoms with Crippen LogP contribution in [-0.4, -0.2) is 11.0 Å². The van der Waals surface area contributed by atoms with Crippen LogP contribution in [0.1, 0.15) is 21.5 Å². The van der Waals surface area contributed by atoms with Crippen molar-refractivity contribution in [2.75, 3.05) is 0 Å². The summed E-state index contributed by atoms with van der Waals surface area (Å²) < 4.78 is 11.7. The Kier molecular flexibility index (Phi) is 7.94. The standard InChI is InChI=1S/C20H15BrNO3.Y/c1-14-12-22-19(21)18(24-13-15-8-4-2-5-9-15)17(14)20(23)25-16-10-6-3-7-11-16;/h2-11H,13H2,1H3;/q-1;. The van der Waals surface area contributed by atoms with Crippen LogP contribution in [0.5, 0.6) is 11.5 Å². The Balaban J connectivity index is 0.00000243. The second-order valence-electron chi connectivity index (χ2n) is 5.32. The number of benzene rings is 2. The van der Waals surface area contributed by atoms with Gasteiger partial charge in [0, 0.05) is 37.3 Å². The molecule has 0 N–H and O–H groups in total. The van der Waals surface area contributed by atoms with Gasteiger partial charge in [-0.2, -0.15) is 0 Å². The summed E-state index contributed by atoms with van der Waals surface area (Å²) in [5, 5.41) is 0. The summed E-state index contributed by atoms with van der Waals surface area (Å²) in [6, 6.07) is 18.6. The third-order valence-corrected chi connectivity index (χ3v) is 4.03. The second kappa shape index (κ2) is 9.95. The molecule has 0 bridgehead atoms. The van der Waals surface area contributed by atoms with Crippen LogP contribution in [0.3, 0.4) is 0 Å². The molecule has 0 aliphatic rings. The first-order chi connectivity index (χ1) is 12.1. The Labute approximate surface area is 185 Å². The van der Waals surface area contributed by atoms with Crippen molar-refractivity contribution < 1.29 is 47.0 Å². The second-order valence-corrected chi connectivity index (χ2v) is 6.07. The molecule has 0 saturated carbocycles. The molecule has 0 unspecified atom stereocenters. The number of aryl methyl sites for hydroxylation is 1. The van der Waals surface area contributed by atoms with E-state index in [9.17, 15) is 4.79 Å². The number of carbonyl (C=O) groups excluding carboxylic acids is 1. The van der Waals surface area contributed by atoms with Crippen LogP contribution in [0, 0.1) is 13.1 Å². The number of ether oxygens (including phenoxy) is 2. The number of nitrogens with zero attached hydrogens (tertiary/aromatic N) is 1. The third-order valence-electron chi connectivity index (χ3n) is 3.50. The molecule has 0 saturated heterocycles. The summed E-state index contributed by atoms with van der Waals surface area (Å²) in [5.41, 5.74) is 1.86. The molecule has 3 rings (SSSR count). The number of halogens is 1. The molecule has 4 nitrogen and oxygen atoms in total. The first-order valence-electron chi connectivity index (χ1n) is 7.67. The van der Waals surface area contributed by atoms with Crippen molar-refractivity contribution in [2.24, 2.45) is 0 Å². The Morgan fingerprint density at radius 3 is 2.35 bits per heavy atom. The monoisotopic (exact) mass is 485 g/mol. The maximum absolute atomic E-state index is 12.6. The SMILES string of the molecule is Cc1[c-]nc(Br)c(OCc2ccccc2)c1C(=O)Oc1ccccc1.[Y]. The van der Waals surface area contributed by atoms with Crippen LogP contribution < -0.4 is 9.47 Å². The van der Waals surface area contributed by atoms with E-state index in [4.69, 9.17) is 9.47 Å². The van der Waals surface area contributed by atoms with Crippen molar-refractivity contribution in [3.63, 3.8) is 0 Å². The molecule has 0 fully saturated rings. The van der Waals surface area contributed by atoms with Gasteiger partial charge >= 0.3 is 0 Å². The Morgan fingerprint density at radius 2 is 1.69 bits per heavy atom. The zero-order chi connectivity index (χ0) is 17.6. The Morgan fingerprint density at radius 1 is 1.08 bits per heavy atom. The minimum absolute atomic E-state index is 0. The van der Waals surface area contributed by atoms with Gasteiger partial charge in [0.2, 0.25) is 0 Å². The zero-order valence-corrected chi connectivity index (χ0v) is 18.5. The van der Waals surface area contributed by atoms with E-state index in [0.29, 0.717) is 33.8 Å². The first-order valence-corrected chi connectivity index (χ1v) is 8.46. The molecule has 1 radical (unpaired) electrons. The number of pyridine rings is 1. The zero-order valence-electron chi connectivity index (χ0n) is 14.1.